The number of likely N-dealkylation sites (tertiary alicyclic amines) is 1. The molecule has 0 atom stereocenters. The van der Waals surface area contributed by atoms with Gasteiger partial charge in [-0.05, 0) is 38.1 Å². The van der Waals surface area contributed by atoms with Gasteiger partial charge in [0.1, 0.15) is 17.4 Å². The van der Waals surface area contributed by atoms with Gasteiger partial charge in [0.15, 0.2) is 5.82 Å². The molecule has 0 unspecified atom stereocenters. The molecule has 0 N–H and O–H groups in total. The third kappa shape index (κ3) is 3.22. The van der Waals surface area contributed by atoms with Crippen LogP contribution in [0.4, 0.5) is 13.2 Å². The highest BCUT2D eigenvalue weighted by molar-refractivity contribution is 5.33. The molecule has 0 saturated carbocycles. The highest BCUT2D eigenvalue weighted by Gasteiger charge is 2.19. The van der Waals surface area contributed by atoms with E-state index in [4.69, 9.17) is 4.74 Å². The van der Waals surface area contributed by atoms with Gasteiger partial charge in [0.05, 0.1) is 0 Å². The molecule has 1 aliphatic rings. The summed E-state index contributed by atoms with van der Waals surface area (Å²) in [5, 5.41) is 0. The summed E-state index contributed by atoms with van der Waals surface area (Å²) in [4.78, 5) is 5.69. The minimum absolute atomic E-state index is 0.00995. The molecular weight excluding hydrogens is 293 g/mol. The Labute approximate surface area is 126 Å². The van der Waals surface area contributed by atoms with E-state index in [1.807, 2.05) is 4.90 Å². The summed E-state index contributed by atoms with van der Waals surface area (Å²) in [7, 11) is 0. The molecule has 22 heavy (non-hydrogen) atoms. The summed E-state index contributed by atoms with van der Waals surface area (Å²) in [6.45, 7) is 1.92. The fourth-order valence-corrected chi connectivity index (χ4v) is 2.51. The number of aromatic nitrogens is 1. The number of halogens is 3. The lowest BCUT2D eigenvalue weighted by molar-refractivity contribution is 0.317. The Hall–Kier alpha value is -2.08. The minimum Gasteiger partial charge on any atom is -0.436 e. The van der Waals surface area contributed by atoms with Gasteiger partial charge in [-0.25, -0.2) is 18.2 Å². The van der Waals surface area contributed by atoms with Gasteiger partial charge < -0.3 is 4.74 Å². The molecule has 2 aromatic rings. The van der Waals surface area contributed by atoms with Gasteiger partial charge in [-0.3, -0.25) is 4.90 Å². The smallest absolute Gasteiger partial charge is 0.255 e. The molecule has 116 valence electrons. The lowest BCUT2D eigenvalue weighted by Crippen LogP contribution is -2.20. The van der Waals surface area contributed by atoms with Crippen molar-refractivity contribution < 1.29 is 17.9 Å². The SMILES string of the molecule is Fc1cccnc1Oc1cc(F)c(CN2CCCC2)c(F)c1. The summed E-state index contributed by atoms with van der Waals surface area (Å²) < 4.78 is 46.8. The van der Waals surface area contributed by atoms with Crippen LogP contribution in [0.15, 0.2) is 30.5 Å². The van der Waals surface area contributed by atoms with E-state index in [2.05, 4.69) is 4.98 Å². The van der Waals surface area contributed by atoms with Crippen LogP contribution in [-0.4, -0.2) is 23.0 Å². The van der Waals surface area contributed by atoms with Crippen molar-refractivity contribution >= 4 is 0 Å². The number of nitrogens with zero attached hydrogens (tertiary/aromatic N) is 2. The lowest BCUT2D eigenvalue weighted by Gasteiger charge is -2.16. The Balaban J connectivity index is 1.81. The molecule has 0 amide bonds. The number of ether oxygens (including phenoxy) is 1. The van der Waals surface area contributed by atoms with Gasteiger partial charge in [-0.2, -0.15) is 0 Å². The summed E-state index contributed by atoms with van der Waals surface area (Å²) in [5.41, 5.74) is 0.00995. The summed E-state index contributed by atoms with van der Waals surface area (Å²) in [6, 6.07) is 4.69. The molecule has 3 nitrogen and oxygen atoms in total. The molecule has 6 heteroatoms. The Morgan fingerprint density at radius 1 is 1.05 bits per heavy atom. The third-order valence-corrected chi connectivity index (χ3v) is 3.63. The second-order valence-electron chi connectivity index (χ2n) is 5.24. The Bertz CT molecular complexity index is 649. The first-order valence-corrected chi connectivity index (χ1v) is 7.12. The standard InChI is InChI=1S/C16H15F3N2O/c17-13-4-3-5-20-16(13)22-11-8-14(18)12(15(19)9-11)10-21-6-1-2-7-21/h3-5,8-9H,1-2,6-7,10H2. The zero-order chi connectivity index (χ0) is 15.5. The predicted molar refractivity (Wildman–Crippen MR) is 75.1 cm³/mol. The van der Waals surface area contributed by atoms with Gasteiger partial charge in [0.25, 0.3) is 5.88 Å². The van der Waals surface area contributed by atoms with Gasteiger partial charge in [0, 0.05) is 30.4 Å². The van der Waals surface area contributed by atoms with E-state index in [0.717, 1.165) is 44.1 Å². The first kappa shape index (κ1) is 14.8. The van der Waals surface area contributed by atoms with Crippen LogP contribution >= 0.6 is 0 Å². The number of hydrogen-bond donors (Lipinski definition) is 0. The molecule has 0 bridgehead atoms. The number of hydrogen-bond acceptors (Lipinski definition) is 3. The van der Waals surface area contributed by atoms with Crippen molar-refractivity contribution in [2.45, 2.75) is 19.4 Å². The van der Waals surface area contributed by atoms with Gasteiger partial charge in [0.2, 0.25) is 0 Å². The molecule has 0 aliphatic carbocycles. The van der Waals surface area contributed by atoms with Gasteiger partial charge in [-0.1, -0.05) is 0 Å². The van der Waals surface area contributed by atoms with Crippen LogP contribution in [0.1, 0.15) is 18.4 Å². The van der Waals surface area contributed by atoms with Crippen LogP contribution in [-0.2, 0) is 6.54 Å². The van der Waals surface area contributed by atoms with Crippen LogP contribution in [0.2, 0.25) is 0 Å². The molecule has 2 heterocycles. The van der Waals surface area contributed by atoms with E-state index in [-0.39, 0.29) is 23.7 Å². The molecular formula is C16H15F3N2O. The number of benzene rings is 1. The zero-order valence-corrected chi connectivity index (χ0v) is 11.9. The Morgan fingerprint density at radius 2 is 1.73 bits per heavy atom. The maximum absolute atomic E-state index is 14.1. The van der Waals surface area contributed by atoms with Crippen LogP contribution < -0.4 is 4.74 Å². The monoisotopic (exact) mass is 308 g/mol. The lowest BCUT2D eigenvalue weighted by atomic mass is 10.1. The quantitative estimate of drug-likeness (QED) is 0.857. The maximum atomic E-state index is 14.1. The Kier molecular flexibility index (Phi) is 4.29. The zero-order valence-electron chi connectivity index (χ0n) is 11.9. The highest BCUT2D eigenvalue weighted by Crippen LogP contribution is 2.27. The van der Waals surface area contributed by atoms with E-state index in [0.29, 0.717) is 0 Å². The van der Waals surface area contributed by atoms with Crippen molar-refractivity contribution in [2.75, 3.05) is 13.1 Å². The highest BCUT2D eigenvalue weighted by atomic mass is 19.1. The van der Waals surface area contributed by atoms with E-state index >= 15 is 0 Å². The van der Waals surface area contributed by atoms with Crippen LogP contribution in [0.3, 0.4) is 0 Å². The fourth-order valence-electron chi connectivity index (χ4n) is 2.51. The van der Waals surface area contributed by atoms with Crippen molar-refractivity contribution in [1.82, 2.24) is 9.88 Å². The van der Waals surface area contributed by atoms with Crippen molar-refractivity contribution in [1.29, 1.82) is 0 Å². The van der Waals surface area contributed by atoms with Crippen LogP contribution in [0.5, 0.6) is 11.6 Å². The largest absolute Gasteiger partial charge is 0.436 e. The Morgan fingerprint density at radius 3 is 2.36 bits per heavy atom. The summed E-state index contributed by atoms with van der Waals surface area (Å²) in [5.74, 6) is -2.51. The average molecular weight is 308 g/mol. The average Bonchev–Trinajstić information content (AvgIpc) is 2.98. The summed E-state index contributed by atoms with van der Waals surface area (Å²) in [6.07, 6.45) is 3.43. The van der Waals surface area contributed by atoms with Crippen LogP contribution in [0, 0.1) is 17.5 Å². The topological polar surface area (TPSA) is 25.4 Å². The number of pyridine rings is 1. The molecule has 1 aromatic carbocycles. The molecule has 3 rings (SSSR count). The molecule has 1 fully saturated rings. The van der Waals surface area contributed by atoms with E-state index < -0.39 is 17.5 Å². The van der Waals surface area contributed by atoms with E-state index in [1.54, 1.807) is 0 Å². The van der Waals surface area contributed by atoms with Gasteiger partial charge >= 0.3 is 0 Å². The van der Waals surface area contributed by atoms with Crippen LogP contribution in [0.25, 0.3) is 0 Å². The van der Waals surface area contributed by atoms with Gasteiger partial charge in [-0.15, -0.1) is 0 Å². The second kappa shape index (κ2) is 6.36. The third-order valence-electron chi connectivity index (χ3n) is 3.63. The summed E-state index contributed by atoms with van der Waals surface area (Å²) >= 11 is 0. The van der Waals surface area contributed by atoms with Crippen molar-refractivity contribution in [3.63, 3.8) is 0 Å². The molecule has 0 spiro atoms. The van der Waals surface area contributed by atoms with E-state index in [1.165, 1.54) is 12.3 Å². The van der Waals surface area contributed by atoms with E-state index in [9.17, 15) is 13.2 Å². The molecule has 1 aliphatic heterocycles. The van der Waals surface area contributed by atoms with Crippen molar-refractivity contribution in [3.05, 3.63) is 53.5 Å². The number of rotatable bonds is 4. The van der Waals surface area contributed by atoms with Crippen molar-refractivity contribution in [2.24, 2.45) is 0 Å². The predicted octanol–water partition coefficient (Wildman–Crippen LogP) is 3.89. The molecule has 1 saturated heterocycles. The fraction of sp³-hybridized carbons (Fsp3) is 0.312. The first-order chi connectivity index (χ1) is 10.6. The maximum Gasteiger partial charge on any atom is 0.255 e. The van der Waals surface area contributed by atoms with Crippen molar-refractivity contribution in [3.8, 4) is 11.6 Å². The molecule has 0 radical (unpaired) electrons. The minimum atomic E-state index is -0.696. The second-order valence-corrected chi connectivity index (χ2v) is 5.24. The molecule has 1 aromatic heterocycles. The normalized spacial score (nSPS) is 15.2. The first-order valence-electron chi connectivity index (χ1n) is 7.12.